The van der Waals surface area contributed by atoms with Crippen molar-refractivity contribution in [1.82, 2.24) is 0 Å². The van der Waals surface area contributed by atoms with Crippen LogP contribution in [-0.4, -0.2) is 39.9 Å². The summed E-state index contributed by atoms with van der Waals surface area (Å²) in [7, 11) is 0. The maximum atomic E-state index is 13.0. The quantitative estimate of drug-likeness (QED) is 0.375. The fraction of sp³-hybridized carbons (Fsp3) is 0.630. The topological polar surface area (TPSA) is 103 Å². The van der Waals surface area contributed by atoms with Gasteiger partial charge in [0.05, 0.1) is 10.8 Å². The minimum Gasteiger partial charge on any atom is -0.508 e. The summed E-state index contributed by atoms with van der Waals surface area (Å²) in [6, 6.07) is 9.13. The molecule has 0 bridgehead atoms. The largest absolute Gasteiger partial charge is 0.728 e. The van der Waals surface area contributed by atoms with Gasteiger partial charge in [-0.15, -0.1) is 0 Å². The smallest absolute Gasteiger partial charge is 0.508 e. The van der Waals surface area contributed by atoms with Gasteiger partial charge in [0, 0.05) is 0 Å². The molecule has 0 spiro atoms. The Morgan fingerprint density at radius 2 is 1.29 bits per heavy atom. The fourth-order valence-electron chi connectivity index (χ4n) is 3.00. The van der Waals surface area contributed by atoms with Crippen molar-refractivity contribution in [1.29, 1.82) is 0 Å². The van der Waals surface area contributed by atoms with E-state index in [1.54, 1.807) is 86.6 Å². The second kappa shape index (κ2) is 12.1. The van der Waals surface area contributed by atoms with Crippen LogP contribution in [0.15, 0.2) is 24.3 Å². The summed E-state index contributed by atoms with van der Waals surface area (Å²) >= 11 is 0. The number of hydrogen-bond acceptors (Lipinski definition) is 7. The highest BCUT2D eigenvalue weighted by Gasteiger charge is 2.33. The van der Waals surface area contributed by atoms with Crippen LogP contribution >= 0.6 is 0 Å². The van der Waals surface area contributed by atoms with E-state index in [1.807, 2.05) is 0 Å². The van der Waals surface area contributed by atoms with Crippen molar-refractivity contribution in [2.75, 3.05) is 0 Å². The summed E-state index contributed by atoms with van der Waals surface area (Å²) in [6.07, 6.45) is -0.0991. The number of aromatic hydroxyl groups is 1. The average molecular weight is 491 g/mol. The van der Waals surface area contributed by atoms with Gasteiger partial charge in [0.25, 0.3) is 0 Å². The highest BCUT2D eigenvalue weighted by atomic mass is 16.6. The molecule has 8 nitrogen and oxygen atoms in total. The third-order valence-electron chi connectivity index (χ3n) is 4.36. The van der Waals surface area contributed by atoms with Crippen LogP contribution in [0.5, 0.6) is 5.75 Å². The van der Waals surface area contributed by atoms with E-state index in [1.165, 1.54) is 0 Å². The van der Waals surface area contributed by atoms with Gasteiger partial charge in [-0.1, -0.05) is 12.1 Å². The molecule has 0 saturated carbocycles. The van der Waals surface area contributed by atoms with E-state index < -0.39 is 46.7 Å². The van der Waals surface area contributed by atoms with Gasteiger partial charge in [0.15, 0.2) is 5.92 Å². The second-order valence-electron chi connectivity index (χ2n) is 11.5. The van der Waals surface area contributed by atoms with Crippen molar-refractivity contribution in [3.63, 3.8) is 0 Å². The van der Waals surface area contributed by atoms with E-state index in [9.17, 15) is 19.5 Å². The van der Waals surface area contributed by atoms with Gasteiger partial charge in [0.2, 0.25) is 0 Å². The predicted octanol–water partition coefficient (Wildman–Crippen LogP) is 5.90. The number of phenolic OH excluding ortho intramolecular Hbond substituents is 1. The first-order valence-electron chi connectivity index (χ1n) is 11.8. The Bertz CT molecular complexity index is 935. The SMILES string of the molecule is CC(C)(C)OC(=O)[N+]#C[C@H](CCC(Cc1ccc(O)cc1)C(=O)OC(C)(C)C)C(=O)OC(C)(C)C. The molecule has 8 heteroatoms. The number of rotatable bonds is 7. The normalized spacial score (nSPS) is 13.6. The summed E-state index contributed by atoms with van der Waals surface area (Å²) in [5, 5.41) is 9.56. The molecular formula is C27H40NO7+. The third kappa shape index (κ3) is 13.4. The zero-order valence-corrected chi connectivity index (χ0v) is 22.4. The van der Waals surface area contributed by atoms with Crippen molar-refractivity contribution in [3.8, 4) is 11.8 Å². The number of esters is 2. The summed E-state index contributed by atoms with van der Waals surface area (Å²) in [6.45, 7) is 15.7. The van der Waals surface area contributed by atoms with Gasteiger partial charge < -0.3 is 19.3 Å². The highest BCUT2D eigenvalue weighted by Crippen LogP contribution is 2.24. The van der Waals surface area contributed by atoms with Crippen molar-refractivity contribution < 1.29 is 33.7 Å². The van der Waals surface area contributed by atoms with Gasteiger partial charge in [-0.3, -0.25) is 9.59 Å². The minimum absolute atomic E-state index is 0.125. The lowest BCUT2D eigenvalue weighted by molar-refractivity contribution is -0.162. The number of carbonyl (C=O) groups is 3. The van der Waals surface area contributed by atoms with Crippen molar-refractivity contribution in [2.45, 2.75) is 98.4 Å². The van der Waals surface area contributed by atoms with Crippen molar-refractivity contribution >= 4 is 18.0 Å². The van der Waals surface area contributed by atoms with Crippen LogP contribution in [0.25, 0.3) is 4.85 Å². The molecule has 0 aliphatic rings. The minimum atomic E-state index is -0.980. The molecule has 0 aliphatic heterocycles. The van der Waals surface area contributed by atoms with Gasteiger partial charge in [-0.05, 0) is 99.3 Å². The molecule has 0 aliphatic carbocycles. The number of nitrogens with zero attached hydrogens (tertiary/aromatic N) is 1. The van der Waals surface area contributed by atoms with Crippen LogP contribution in [0.1, 0.15) is 80.7 Å². The summed E-state index contributed by atoms with van der Waals surface area (Å²) < 4.78 is 16.2. The van der Waals surface area contributed by atoms with Gasteiger partial charge >= 0.3 is 24.1 Å². The maximum absolute atomic E-state index is 13.0. The monoisotopic (exact) mass is 490 g/mol. The second-order valence-corrected chi connectivity index (χ2v) is 11.5. The van der Waals surface area contributed by atoms with E-state index >= 15 is 0 Å². The molecule has 0 saturated heterocycles. The number of amides is 1. The first kappa shape index (κ1) is 30.0. The van der Waals surface area contributed by atoms with Crippen LogP contribution in [-0.2, 0) is 30.2 Å². The first-order chi connectivity index (χ1) is 15.8. The Morgan fingerprint density at radius 3 is 1.77 bits per heavy atom. The lowest BCUT2D eigenvalue weighted by atomic mass is 9.91. The van der Waals surface area contributed by atoms with Crippen LogP contribution in [0.3, 0.4) is 0 Å². The molecule has 0 heterocycles. The van der Waals surface area contributed by atoms with Crippen LogP contribution in [0.4, 0.5) is 4.79 Å². The molecule has 0 radical (unpaired) electrons. The van der Waals surface area contributed by atoms with Crippen molar-refractivity contribution in [3.05, 3.63) is 34.7 Å². The molecule has 2 atom stereocenters. The van der Waals surface area contributed by atoms with Crippen LogP contribution in [0, 0.1) is 17.9 Å². The third-order valence-corrected chi connectivity index (χ3v) is 4.36. The predicted molar refractivity (Wildman–Crippen MR) is 133 cm³/mol. The van der Waals surface area contributed by atoms with E-state index in [0.29, 0.717) is 6.42 Å². The molecule has 35 heavy (non-hydrogen) atoms. The molecule has 1 aromatic rings. The van der Waals surface area contributed by atoms with E-state index in [2.05, 4.69) is 10.9 Å². The number of benzene rings is 1. The highest BCUT2D eigenvalue weighted by molar-refractivity contribution is 5.82. The lowest BCUT2D eigenvalue weighted by Gasteiger charge is -2.25. The molecule has 194 valence electrons. The van der Waals surface area contributed by atoms with Gasteiger partial charge in [0.1, 0.15) is 22.6 Å². The zero-order valence-electron chi connectivity index (χ0n) is 22.4. The Hall–Kier alpha value is -3.08. The van der Waals surface area contributed by atoms with Crippen molar-refractivity contribution in [2.24, 2.45) is 11.8 Å². The van der Waals surface area contributed by atoms with E-state index in [-0.39, 0.29) is 18.6 Å². The lowest BCUT2D eigenvalue weighted by Crippen LogP contribution is -2.31. The summed E-state index contributed by atoms with van der Waals surface area (Å²) in [5.41, 5.74) is -1.34. The first-order valence-corrected chi connectivity index (χ1v) is 11.8. The molecule has 1 unspecified atom stereocenters. The molecule has 1 rings (SSSR count). The number of phenols is 1. The summed E-state index contributed by atoms with van der Waals surface area (Å²) in [4.78, 5) is 41.5. The Balaban J connectivity index is 3.14. The van der Waals surface area contributed by atoms with Gasteiger partial charge in [-0.25, -0.2) is 0 Å². The number of ether oxygens (including phenoxy) is 3. The fourth-order valence-corrected chi connectivity index (χ4v) is 3.00. The maximum Gasteiger partial charge on any atom is 0.728 e. The van der Waals surface area contributed by atoms with E-state index in [4.69, 9.17) is 14.2 Å². The Kier molecular flexibility index (Phi) is 10.3. The Morgan fingerprint density at radius 1 is 0.800 bits per heavy atom. The standard InChI is InChI=1S/C27H39NO7/c1-25(2,3)33-22(30)19(16-18-10-14-21(29)15-11-18)12-13-20(23(31)34-26(4,5)6)17-28-24(32)35-27(7,8)9/h10-11,14-15,19-20H,12-13,16H2,1-9H3/p+1/t19?,20-/m0/s1. The van der Waals surface area contributed by atoms with Crippen LogP contribution < -0.4 is 0 Å². The van der Waals surface area contributed by atoms with Crippen LogP contribution in [0.2, 0.25) is 0 Å². The summed E-state index contributed by atoms with van der Waals surface area (Å²) in [5.74, 6) is -2.44. The molecule has 1 amide bonds. The molecule has 1 aromatic carbocycles. The van der Waals surface area contributed by atoms with Gasteiger partial charge in [-0.2, -0.15) is 4.79 Å². The Labute approximate surface area is 208 Å². The van der Waals surface area contributed by atoms with E-state index in [0.717, 1.165) is 5.56 Å². The molecule has 0 fully saturated rings. The molecular weight excluding hydrogens is 450 g/mol. The zero-order chi connectivity index (χ0) is 27.0. The molecule has 1 N–H and O–H groups in total. The number of carbonyl (C=O) groups excluding carboxylic acids is 3. The molecule has 0 aromatic heterocycles. The number of hydrogen-bond donors (Lipinski definition) is 1. The average Bonchev–Trinajstić information content (AvgIpc) is 2.64.